The van der Waals surface area contributed by atoms with Crippen molar-refractivity contribution in [2.24, 2.45) is 0 Å². The zero-order valence-corrected chi connectivity index (χ0v) is 13.9. The van der Waals surface area contributed by atoms with Gasteiger partial charge in [-0.15, -0.1) is 0 Å². The number of ether oxygens (including phenoxy) is 2. The second kappa shape index (κ2) is 6.58. The SMILES string of the molecule is CCOC(=O)C(C)Oc1c(I)cc(Cl)c2cccnc12. The quantitative estimate of drug-likeness (QED) is 0.573. The molecule has 1 unspecified atom stereocenters. The maximum absolute atomic E-state index is 11.7. The van der Waals surface area contributed by atoms with Gasteiger partial charge in [0.1, 0.15) is 5.52 Å². The van der Waals surface area contributed by atoms with Crippen LogP contribution in [0.4, 0.5) is 0 Å². The molecule has 2 rings (SSSR count). The highest BCUT2D eigenvalue weighted by Crippen LogP contribution is 2.35. The molecule has 1 aromatic carbocycles. The minimum Gasteiger partial charge on any atom is -0.476 e. The van der Waals surface area contributed by atoms with Crippen molar-refractivity contribution in [2.45, 2.75) is 20.0 Å². The molecule has 0 spiro atoms. The van der Waals surface area contributed by atoms with Crippen LogP contribution < -0.4 is 4.74 Å². The average molecular weight is 406 g/mol. The van der Waals surface area contributed by atoms with E-state index in [0.717, 1.165) is 8.96 Å². The van der Waals surface area contributed by atoms with Gasteiger partial charge in [-0.25, -0.2) is 4.79 Å². The van der Waals surface area contributed by atoms with E-state index in [0.29, 0.717) is 22.9 Å². The van der Waals surface area contributed by atoms with Gasteiger partial charge in [-0.3, -0.25) is 4.98 Å². The van der Waals surface area contributed by atoms with Crippen LogP contribution in [-0.4, -0.2) is 23.7 Å². The first kappa shape index (κ1) is 15.3. The van der Waals surface area contributed by atoms with Crippen LogP contribution >= 0.6 is 34.2 Å². The Hall–Kier alpha value is -1.08. The summed E-state index contributed by atoms with van der Waals surface area (Å²) in [6.45, 7) is 3.73. The second-order valence-corrected chi connectivity index (χ2v) is 5.65. The topological polar surface area (TPSA) is 48.4 Å². The van der Waals surface area contributed by atoms with Crippen LogP contribution in [0, 0.1) is 3.57 Å². The zero-order chi connectivity index (χ0) is 14.7. The standard InChI is InChI=1S/C14H13ClINO3/c1-3-19-14(18)8(2)20-13-11(16)7-10(15)9-5-4-6-17-12(9)13/h4-8H,3H2,1-2H3. The summed E-state index contributed by atoms with van der Waals surface area (Å²) in [6.07, 6.45) is 0.964. The number of halogens is 2. The molecule has 4 nitrogen and oxygen atoms in total. The van der Waals surface area contributed by atoms with Gasteiger partial charge < -0.3 is 9.47 Å². The molecule has 1 aromatic heterocycles. The highest BCUT2D eigenvalue weighted by Gasteiger charge is 2.20. The first-order valence-corrected chi connectivity index (χ1v) is 7.56. The summed E-state index contributed by atoms with van der Waals surface area (Å²) < 4.78 is 11.5. The van der Waals surface area contributed by atoms with Crippen molar-refractivity contribution < 1.29 is 14.3 Å². The Morgan fingerprint density at radius 2 is 2.30 bits per heavy atom. The summed E-state index contributed by atoms with van der Waals surface area (Å²) in [5.41, 5.74) is 0.639. The number of fused-ring (bicyclic) bond motifs is 1. The van der Waals surface area contributed by atoms with E-state index >= 15 is 0 Å². The Labute approximate surface area is 135 Å². The minimum atomic E-state index is -0.699. The van der Waals surface area contributed by atoms with Crippen LogP contribution in [0.25, 0.3) is 10.9 Å². The molecule has 20 heavy (non-hydrogen) atoms. The molecule has 0 radical (unpaired) electrons. The Kier molecular flexibility index (Phi) is 5.04. The summed E-state index contributed by atoms with van der Waals surface area (Å²) >= 11 is 8.30. The fourth-order valence-corrected chi connectivity index (χ4v) is 2.88. The molecule has 0 saturated carbocycles. The van der Waals surface area contributed by atoms with E-state index in [2.05, 4.69) is 27.6 Å². The van der Waals surface area contributed by atoms with E-state index < -0.39 is 12.1 Å². The van der Waals surface area contributed by atoms with Gasteiger partial charge in [-0.05, 0) is 54.6 Å². The molecule has 0 N–H and O–H groups in total. The highest BCUT2D eigenvalue weighted by atomic mass is 127. The van der Waals surface area contributed by atoms with Gasteiger partial charge in [0.05, 0.1) is 15.2 Å². The zero-order valence-electron chi connectivity index (χ0n) is 11.0. The normalized spacial score (nSPS) is 12.2. The molecule has 0 bridgehead atoms. The molecule has 1 heterocycles. The smallest absolute Gasteiger partial charge is 0.347 e. The largest absolute Gasteiger partial charge is 0.476 e. The first-order chi connectivity index (χ1) is 9.54. The van der Waals surface area contributed by atoms with Crippen molar-refractivity contribution in [3.8, 4) is 5.75 Å². The lowest BCUT2D eigenvalue weighted by molar-refractivity contribution is -0.150. The van der Waals surface area contributed by atoms with Gasteiger partial charge in [-0.2, -0.15) is 0 Å². The number of hydrogen-bond donors (Lipinski definition) is 0. The van der Waals surface area contributed by atoms with Crippen LogP contribution in [0.3, 0.4) is 0 Å². The van der Waals surface area contributed by atoms with E-state index in [9.17, 15) is 4.79 Å². The second-order valence-electron chi connectivity index (χ2n) is 4.08. The third kappa shape index (κ3) is 3.15. The summed E-state index contributed by atoms with van der Waals surface area (Å²) in [6, 6.07) is 5.46. The van der Waals surface area contributed by atoms with E-state index in [1.54, 1.807) is 32.2 Å². The molecular formula is C14H13ClINO3. The molecule has 0 aliphatic rings. The van der Waals surface area contributed by atoms with Crippen LogP contribution in [0.5, 0.6) is 5.75 Å². The Morgan fingerprint density at radius 1 is 1.55 bits per heavy atom. The van der Waals surface area contributed by atoms with Crippen LogP contribution in [-0.2, 0) is 9.53 Å². The monoisotopic (exact) mass is 405 g/mol. The molecule has 6 heteroatoms. The molecule has 2 aromatic rings. The van der Waals surface area contributed by atoms with E-state index in [1.165, 1.54) is 0 Å². The number of nitrogens with zero attached hydrogens (tertiary/aromatic N) is 1. The van der Waals surface area contributed by atoms with E-state index in [1.807, 2.05) is 6.07 Å². The minimum absolute atomic E-state index is 0.323. The van der Waals surface area contributed by atoms with Gasteiger partial charge in [0.2, 0.25) is 0 Å². The van der Waals surface area contributed by atoms with E-state index in [-0.39, 0.29) is 0 Å². The van der Waals surface area contributed by atoms with Crippen molar-refractivity contribution in [1.29, 1.82) is 0 Å². The number of pyridine rings is 1. The van der Waals surface area contributed by atoms with Crippen LogP contribution in [0.1, 0.15) is 13.8 Å². The number of aromatic nitrogens is 1. The molecule has 0 amide bonds. The Balaban J connectivity index is 2.41. The van der Waals surface area contributed by atoms with Gasteiger partial charge in [-0.1, -0.05) is 11.6 Å². The molecule has 1 atom stereocenters. The molecule has 0 aliphatic heterocycles. The third-order valence-electron chi connectivity index (χ3n) is 2.66. The lowest BCUT2D eigenvalue weighted by atomic mass is 10.2. The maximum Gasteiger partial charge on any atom is 0.347 e. The van der Waals surface area contributed by atoms with Crippen molar-refractivity contribution in [3.05, 3.63) is 33.0 Å². The van der Waals surface area contributed by atoms with Gasteiger partial charge in [0.15, 0.2) is 11.9 Å². The number of rotatable bonds is 4. The lowest BCUT2D eigenvalue weighted by Gasteiger charge is -2.16. The number of benzene rings is 1. The molecule has 106 valence electrons. The average Bonchev–Trinajstić information content (AvgIpc) is 2.43. The van der Waals surface area contributed by atoms with Gasteiger partial charge in [0.25, 0.3) is 0 Å². The summed E-state index contributed by atoms with van der Waals surface area (Å²) in [7, 11) is 0. The van der Waals surface area contributed by atoms with Crippen molar-refractivity contribution >= 4 is 51.1 Å². The predicted molar refractivity (Wildman–Crippen MR) is 86.2 cm³/mol. The summed E-state index contributed by atoms with van der Waals surface area (Å²) in [4.78, 5) is 16.0. The summed E-state index contributed by atoms with van der Waals surface area (Å²) in [5, 5.41) is 1.40. The lowest BCUT2D eigenvalue weighted by Crippen LogP contribution is -2.26. The molecule has 0 saturated heterocycles. The molecule has 0 fully saturated rings. The van der Waals surface area contributed by atoms with Crippen LogP contribution in [0.15, 0.2) is 24.4 Å². The number of carbonyl (C=O) groups is 1. The van der Waals surface area contributed by atoms with Crippen LogP contribution in [0.2, 0.25) is 5.02 Å². The third-order valence-corrected chi connectivity index (χ3v) is 3.78. The molecular weight excluding hydrogens is 393 g/mol. The van der Waals surface area contributed by atoms with Gasteiger partial charge in [0, 0.05) is 11.6 Å². The summed E-state index contributed by atoms with van der Waals surface area (Å²) in [5.74, 6) is 0.147. The molecule has 0 aliphatic carbocycles. The Morgan fingerprint density at radius 3 is 3.00 bits per heavy atom. The first-order valence-electron chi connectivity index (χ1n) is 6.10. The predicted octanol–water partition coefficient (Wildman–Crippen LogP) is 3.82. The Bertz CT molecular complexity index is 648. The van der Waals surface area contributed by atoms with E-state index in [4.69, 9.17) is 21.1 Å². The number of carbonyl (C=O) groups excluding carboxylic acids is 1. The maximum atomic E-state index is 11.7. The fraction of sp³-hybridized carbons (Fsp3) is 0.286. The highest BCUT2D eigenvalue weighted by molar-refractivity contribution is 14.1. The number of hydrogen-bond acceptors (Lipinski definition) is 4. The fourth-order valence-electron chi connectivity index (χ4n) is 1.74. The number of esters is 1. The van der Waals surface area contributed by atoms with Crippen molar-refractivity contribution in [2.75, 3.05) is 6.61 Å². The van der Waals surface area contributed by atoms with Gasteiger partial charge >= 0.3 is 5.97 Å². The van der Waals surface area contributed by atoms with Crippen molar-refractivity contribution in [3.63, 3.8) is 0 Å². The van der Waals surface area contributed by atoms with Crippen molar-refractivity contribution in [1.82, 2.24) is 4.98 Å².